The van der Waals surface area contributed by atoms with Crippen molar-refractivity contribution in [3.8, 4) is 0 Å². The van der Waals surface area contributed by atoms with Gasteiger partial charge in [0.2, 0.25) is 0 Å². The largest absolute Gasteiger partial charge is 0.389 e. The predicted molar refractivity (Wildman–Crippen MR) is 55.3 cm³/mol. The summed E-state index contributed by atoms with van der Waals surface area (Å²) in [4.78, 5) is 0. The number of benzene rings is 1. The van der Waals surface area contributed by atoms with E-state index in [1.54, 1.807) is 11.9 Å². The summed E-state index contributed by atoms with van der Waals surface area (Å²) in [5, 5.41) is 18.7. The van der Waals surface area contributed by atoms with Crippen molar-refractivity contribution in [2.45, 2.75) is 13.0 Å². The van der Waals surface area contributed by atoms with E-state index in [2.05, 4.69) is 10.3 Å². The highest BCUT2D eigenvalue weighted by atomic mass is 16.3. The van der Waals surface area contributed by atoms with Crippen LogP contribution in [0.3, 0.4) is 0 Å². The van der Waals surface area contributed by atoms with Crippen LogP contribution in [0.2, 0.25) is 0 Å². The Balaban J connectivity index is 2.73. The van der Waals surface area contributed by atoms with Gasteiger partial charge in [0.05, 0.1) is 11.8 Å². The molecule has 1 N–H and O–H groups in total. The molecule has 1 atom stereocenters. The molecule has 4 nitrogen and oxygen atoms in total. The Bertz CT molecular complexity index is 304. The fourth-order valence-corrected chi connectivity index (χ4v) is 0.961. The van der Waals surface area contributed by atoms with Gasteiger partial charge in [0, 0.05) is 14.1 Å². The number of hydrogen-bond acceptors (Lipinski definition) is 3. The first-order valence-corrected chi connectivity index (χ1v) is 4.46. The minimum atomic E-state index is -0.435. The molecule has 0 heterocycles. The van der Waals surface area contributed by atoms with Crippen molar-refractivity contribution in [2.75, 3.05) is 14.1 Å². The number of rotatable bonds is 3. The Morgan fingerprint density at radius 2 is 1.79 bits per heavy atom. The zero-order valence-electron chi connectivity index (χ0n) is 8.68. The van der Waals surface area contributed by atoms with Gasteiger partial charge >= 0.3 is 0 Å². The molecule has 0 amide bonds. The van der Waals surface area contributed by atoms with Crippen LogP contribution in [0.25, 0.3) is 0 Å². The second-order valence-electron chi connectivity index (χ2n) is 3.30. The minimum absolute atomic E-state index is 0.435. The van der Waals surface area contributed by atoms with Crippen molar-refractivity contribution in [1.82, 2.24) is 5.01 Å². The normalized spacial score (nSPS) is 13.1. The van der Waals surface area contributed by atoms with E-state index in [1.807, 2.05) is 38.4 Å². The molecular formula is C10H15N3O. The average Bonchev–Trinajstić information content (AvgIpc) is 2.15. The van der Waals surface area contributed by atoms with Crippen molar-refractivity contribution in [1.29, 1.82) is 0 Å². The number of aliphatic hydroxyl groups is 1. The molecule has 4 heteroatoms. The molecule has 0 radical (unpaired) electrons. The van der Waals surface area contributed by atoms with Gasteiger partial charge in [-0.25, -0.2) is 0 Å². The maximum Gasteiger partial charge on any atom is 0.0874 e. The smallest absolute Gasteiger partial charge is 0.0874 e. The maximum atomic E-state index is 9.27. The van der Waals surface area contributed by atoms with E-state index in [4.69, 9.17) is 0 Å². The summed E-state index contributed by atoms with van der Waals surface area (Å²) < 4.78 is 0. The Morgan fingerprint density at radius 1 is 1.21 bits per heavy atom. The van der Waals surface area contributed by atoms with E-state index >= 15 is 0 Å². The van der Waals surface area contributed by atoms with E-state index in [-0.39, 0.29) is 0 Å². The average molecular weight is 193 g/mol. The lowest BCUT2D eigenvalue weighted by atomic mass is 10.1. The Morgan fingerprint density at radius 3 is 2.21 bits per heavy atom. The van der Waals surface area contributed by atoms with Crippen LogP contribution < -0.4 is 0 Å². The summed E-state index contributed by atoms with van der Waals surface area (Å²) in [7, 11) is 3.63. The quantitative estimate of drug-likeness (QED) is 0.591. The topological polar surface area (TPSA) is 48.2 Å². The van der Waals surface area contributed by atoms with Gasteiger partial charge in [-0.2, -0.15) is 0 Å². The van der Waals surface area contributed by atoms with E-state index in [0.717, 1.165) is 11.3 Å². The van der Waals surface area contributed by atoms with Crippen LogP contribution in [0.4, 0.5) is 5.69 Å². The first-order chi connectivity index (χ1) is 6.59. The van der Waals surface area contributed by atoms with Crippen LogP contribution in [-0.2, 0) is 0 Å². The lowest BCUT2D eigenvalue weighted by molar-refractivity contribution is 0.199. The van der Waals surface area contributed by atoms with Crippen LogP contribution in [0.1, 0.15) is 18.6 Å². The van der Waals surface area contributed by atoms with Crippen molar-refractivity contribution in [2.24, 2.45) is 10.3 Å². The molecular weight excluding hydrogens is 178 g/mol. The van der Waals surface area contributed by atoms with Crippen molar-refractivity contribution >= 4 is 5.69 Å². The SMILES string of the molecule is CC(O)c1ccc(N=NN(C)C)cc1. The number of aliphatic hydroxyl groups excluding tert-OH is 1. The molecule has 1 aromatic rings. The molecule has 0 saturated carbocycles. The lowest BCUT2D eigenvalue weighted by Crippen LogP contribution is -1.98. The fourth-order valence-electron chi connectivity index (χ4n) is 0.961. The predicted octanol–water partition coefficient (Wildman–Crippen LogP) is 2.30. The van der Waals surface area contributed by atoms with Gasteiger partial charge in [-0.3, -0.25) is 5.01 Å². The molecule has 0 aromatic heterocycles. The molecule has 1 rings (SSSR count). The molecule has 76 valence electrons. The van der Waals surface area contributed by atoms with Gasteiger partial charge in [0.15, 0.2) is 0 Å². The minimum Gasteiger partial charge on any atom is -0.389 e. The van der Waals surface area contributed by atoms with E-state index in [9.17, 15) is 5.11 Å². The fraction of sp³-hybridized carbons (Fsp3) is 0.400. The van der Waals surface area contributed by atoms with Crippen molar-refractivity contribution in [3.63, 3.8) is 0 Å². The second-order valence-corrected chi connectivity index (χ2v) is 3.30. The molecule has 1 unspecified atom stereocenters. The summed E-state index contributed by atoms with van der Waals surface area (Å²) in [6, 6.07) is 7.34. The van der Waals surface area contributed by atoms with E-state index < -0.39 is 6.10 Å². The lowest BCUT2D eigenvalue weighted by Gasteiger charge is -2.04. The molecule has 0 aliphatic rings. The molecule has 0 aliphatic carbocycles. The maximum absolute atomic E-state index is 9.27. The summed E-state index contributed by atoms with van der Waals surface area (Å²) in [6.07, 6.45) is -0.435. The van der Waals surface area contributed by atoms with Crippen LogP contribution in [0.15, 0.2) is 34.6 Å². The van der Waals surface area contributed by atoms with Gasteiger partial charge in [-0.1, -0.05) is 17.4 Å². The summed E-state index contributed by atoms with van der Waals surface area (Å²) in [5.74, 6) is 0. The summed E-state index contributed by atoms with van der Waals surface area (Å²) in [6.45, 7) is 1.73. The highest BCUT2D eigenvalue weighted by molar-refractivity contribution is 5.38. The van der Waals surface area contributed by atoms with Crippen molar-refractivity contribution in [3.05, 3.63) is 29.8 Å². The highest BCUT2D eigenvalue weighted by Gasteiger charge is 1.99. The number of nitrogens with zero attached hydrogens (tertiary/aromatic N) is 3. The van der Waals surface area contributed by atoms with Gasteiger partial charge in [0.25, 0.3) is 0 Å². The van der Waals surface area contributed by atoms with Gasteiger partial charge < -0.3 is 5.11 Å². The van der Waals surface area contributed by atoms with E-state index in [0.29, 0.717) is 0 Å². The zero-order chi connectivity index (χ0) is 10.6. The Hall–Kier alpha value is -1.42. The third-order valence-electron chi connectivity index (χ3n) is 1.71. The van der Waals surface area contributed by atoms with Crippen LogP contribution >= 0.6 is 0 Å². The zero-order valence-corrected chi connectivity index (χ0v) is 8.68. The first-order valence-electron chi connectivity index (χ1n) is 4.46. The molecule has 0 aliphatic heterocycles. The first kappa shape index (κ1) is 10.7. The Labute approximate surface area is 83.9 Å². The van der Waals surface area contributed by atoms with Gasteiger partial charge in [-0.05, 0) is 24.6 Å². The highest BCUT2D eigenvalue weighted by Crippen LogP contribution is 2.17. The number of hydrogen-bond donors (Lipinski definition) is 1. The molecule has 1 aromatic carbocycles. The Kier molecular flexibility index (Phi) is 3.59. The van der Waals surface area contributed by atoms with E-state index in [1.165, 1.54) is 0 Å². The molecule has 0 spiro atoms. The molecule has 14 heavy (non-hydrogen) atoms. The standard InChI is InChI=1S/C10H15N3O/c1-8(14)9-4-6-10(7-5-9)11-12-13(2)3/h4-8,14H,1-3H3. The van der Waals surface area contributed by atoms with Crippen LogP contribution in [-0.4, -0.2) is 24.2 Å². The summed E-state index contributed by atoms with van der Waals surface area (Å²) >= 11 is 0. The summed E-state index contributed by atoms with van der Waals surface area (Å²) in [5.41, 5.74) is 1.66. The van der Waals surface area contributed by atoms with Gasteiger partial charge in [0.1, 0.15) is 0 Å². The molecule has 0 bridgehead atoms. The monoisotopic (exact) mass is 193 g/mol. The van der Waals surface area contributed by atoms with Crippen LogP contribution in [0, 0.1) is 0 Å². The van der Waals surface area contributed by atoms with Gasteiger partial charge in [-0.15, -0.1) is 5.11 Å². The van der Waals surface area contributed by atoms with Crippen molar-refractivity contribution < 1.29 is 5.11 Å². The van der Waals surface area contributed by atoms with Crippen LogP contribution in [0.5, 0.6) is 0 Å². The third kappa shape index (κ3) is 3.14. The molecule has 0 fully saturated rings. The second kappa shape index (κ2) is 4.72. The third-order valence-corrected chi connectivity index (χ3v) is 1.71. The molecule has 0 saturated heterocycles.